The van der Waals surface area contributed by atoms with Gasteiger partial charge in [0.15, 0.2) is 0 Å². The molecule has 0 radical (unpaired) electrons. The van der Waals surface area contributed by atoms with Crippen LogP contribution in [0.25, 0.3) is 0 Å². The van der Waals surface area contributed by atoms with Crippen LogP contribution in [0.5, 0.6) is 5.75 Å². The summed E-state index contributed by atoms with van der Waals surface area (Å²) in [4.78, 5) is 6.22. The van der Waals surface area contributed by atoms with Crippen LogP contribution in [0.4, 0.5) is 5.82 Å². The van der Waals surface area contributed by atoms with E-state index < -0.39 is 0 Å². The van der Waals surface area contributed by atoms with Gasteiger partial charge in [0.25, 0.3) is 0 Å². The zero-order valence-electron chi connectivity index (χ0n) is 9.94. The summed E-state index contributed by atoms with van der Waals surface area (Å²) >= 11 is 0. The van der Waals surface area contributed by atoms with E-state index in [0.717, 1.165) is 24.7 Å². The molecule has 1 unspecified atom stereocenters. The molecular weight excluding hydrogens is 202 g/mol. The minimum atomic E-state index is 0.510. The van der Waals surface area contributed by atoms with Gasteiger partial charge in [-0.25, -0.2) is 4.98 Å². The summed E-state index contributed by atoms with van der Waals surface area (Å²) in [7, 11) is 3.95. The molecule has 88 valence electrons. The van der Waals surface area contributed by atoms with Gasteiger partial charge in [0, 0.05) is 32.4 Å². The Morgan fingerprint density at radius 1 is 1.56 bits per heavy atom. The summed E-state index contributed by atoms with van der Waals surface area (Å²) in [5, 5.41) is 3.41. The lowest BCUT2D eigenvalue weighted by Gasteiger charge is -2.15. The molecule has 2 rings (SSSR count). The molecule has 1 atom stereocenters. The number of aromatic nitrogens is 1. The first kappa shape index (κ1) is 11.2. The topological polar surface area (TPSA) is 37.4 Å². The van der Waals surface area contributed by atoms with Gasteiger partial charge in [-0.05, 0) is 25.5 Å². The van der Waals surface area contributed by atoms with E-state index in [1.807, 2.05) is 31.1 Å². The number of rotatable bonds is 4. The molecule has 0 spiro atoms. The number of anilines is 1. The SMILES string of the molecule is CN(C)c1cc(OCC2CCCN2)ccn1. The molecular formula is C12H19N3O. The minimum absolute atomic E-state index is 0.510. The molecule has 2 heterocycles. The van der Waals surface area contributed by atoms with E-state index in [0.29, 0.717) is 6.04 Å². The van der Waals surface area contributed by atoms with E-state index in [1.54, 1.807) is 6.20 Å². The highest BCUT2D eigenvalue weighted by Crippen LogP contribution is 2.17. The van der Waals surface area contributed by atoms with Crippen molar-refractivity contribution in [2.45, 2.75) is 18.9 Å². The fraction of sp³-hybridized carbons (Fsp3) is 0.583. The Hall–Kier alpha value is -1.29. The van der Waals surface area contributed by atoms with Crippen molar-refractivity contribution in [1.29, 1.82) is 0 Å². The average Bonchev–Trinajstić information content (AvgIpc) is 2.79. The Kier molecular flexibility index (Phi) is 3.62. The normalized spacial score (nSPS) is 19.8. The molecule has 1 aliphatic heterocycles. The quantitative estimate of drug-likeness (QED) is 0.831. The van der Waals surface area contributed by atoms with Crippen LogP contribution < -0.4 is 15.0 Å². The Labute approximate surface area is 96.6 Å². The fourth-order valence-electron chi connectivity index (χ4n) is 1.83. The largest absolute Gasteiger partial charge is 0.492 e. The molecule has 0 bridgehead atoms. The van der Waals surface area contributed by atoms with Gasteiger partial charge in [-0.15, -0.1) is 0 Å². The van der Waals surface area contributed by atoms with Crippen LogP contribution in [0.3, 0.4) is 0 Å². The van der Waals surface area contributed by atoms with E-state index in [9.17, 15) is 0 Å². The lowest BCUT2D eigenvalue weighted by atomic mass is 10.2. The first-order chi connectivity index (χ1) is 7.75. The van der Waals surface area contributed by atoms with Crippen LogP contribution in [0.1, 0.15) is 12.8 Å². The van der Waals surface area contributed by atoms with Crippen molar-refractivity contribution in [3.8, 4) is 5.75 Å². The van der Waals surface area contributed by atoms with Gasteiger partial charge in [0.05, 0.1) is 0 Å². The predicted molar refractivity (Wildman–Crippen MR) is 65.1 cm³/mol. The van der Waals surface area contributed by atoms with Crippen LogP contribution in [0.2, 0.25) is 0 Å². The first-order valence-electron chi connectivity index (χ1n) is 5.75. The molecule has 0 amide bonds. The number of pyridine rings is 1. The molecule has 0 aromatic carbocycles. The number of hydrogen-bond acceptors (Lipinski definition) is 4. The van der Waals surface area contributed by atoms with E-state index >= 15 is 0 Å². The maximum atomic E-state index is 5.75. The van der Waals surface area contributed by atoms with Crippen LogP contribution in [0.15, 0.2) is 18.3 Å². The molecule has 1 aromatic rings. The highest BCUT2D eigenvalue weighted by Gasteiger charge is 2.14. The molecule has 4 heteroatoms. The number of ether oxygens (including phenoxy) is 1. The second kappa shape index (κ2) is 5.16. The van der Waals surface area contributed by atoms with E-state index in [-0.39, 0.29) is 0 Å². The van der Waals surface area contributed by atoms with Gasteiger partial charge in [-0.1, -0.05) is 0 Å². The lowest BCUT2D eigenvalue weighted by Crippen LogP contribution is -2.28. The Bertz CT molecular complexity index is 335. The molecule has 1 aromatic heterocycles. The van der Waals surface area contributed by atoms with E-state index in [2.05, 4.69) is 10.3 Å². The van der Waals surface area contributed by atoms with E-state index in [1.165, 1.54) is 12.8 Å². The van der Waals surface area contributed by atoms with Crippen molar-refractivity contribution in [3.05, 3.63) is 18.3 Å². The van der Waals surface area contributed by atoms with Crippen molar-refractivity contribution < 1.29 is 4.74 Å². The number of nitrogens with zero attached hydrogens (tertiary/aromatic N) is 2. The third kappa shape index (κ3) is 2.85. The third-order valence-electron chi connectivity index (χ3n) is 2.79. The van der Waals surface area contributed by atoms with Gasteiger partial charge < -0.3 is 15.0 Å². The summed E-state index contributed by atoms with van der Waals surface area (Å²) in [5.41, 5.74) is 0. The molecule has 16 heavy (non-hydrogen) atoms. The molecule has 1 fully saturated rings. The molecule has 1 saturated heterocycles. The second-order valence-corrected chi connectivity index (χ2v) is 4.35. The van der Waals surface area contributed by atoms with Gasteiger partial charge in [-0.3, -0.25) is 0 Å². The van der Waals surface area contributed by atoms with Crippen LogP contribution in [-0.4, -0.2) is 38.3 Å². The molecule has 4 nitrogen and oxygen atoms in total. The average molecular weight is 221 g/mol. The Morgan fingerprint density at radius 2 is 2.44 bits per heavy atom. The van der Waals surface area contributed by atoms with Crippen molar-refractivity contribution in [3.63, 3.8) is 0 Å². The molecule has 0 saturated carbocycles. The maximum absolute atomic E-state index is 5.75. The third-order valence-corrected chi connectivity index (χ3v) is 2.79. The molecule has 1 N–H and O–H groups in total. The van der Waals surface area contributed by atoms with Crippen LogP contribution in [0, 0.1) is 0 Å². The first-order valence-corrected chi connectivity index (χ1v) is 5.75. The molecule has 1 aliphatic rings. The van der Waals surface area contributed by atoms with Crippen LogP contribution >= 0.6 is 0 Å². The summed E-state index contributed by atoms with van der Waals surface area (Å²) < 4.78 is 5.75. The maximum Gasteiger partial charge on any atom is 0.131 e. The van der Waals surface area contributed by atoms with Crippen molar-refractivity contribution in [1.82, 2.24) is 10.3 Å². The standard InChI is InChI=1S/C12H19N3O/c1-15(2)12-8-11(5-7-14-12)16-9-10-4-3-6-13-10/h5,7-8,10,13H,3-4,6,9H2,1-2H3. The lowest BCUT2D eigenvalue weighted by molar-refractivity contribution is 0.277. The van der Waals surface area contributed by atoms with Crippen molar-refractivity contribution in [2.24, 2.45) is 0 Å². The summed E-state index contributed by atoms with van der Waals surface area (Å²) in [6.45, 7) is 1.87. The monoisotopic (exact) mass is 221 g/mol. The summed E-state index contributed by atoms with van der Waals surface area (Å²) in [6, 6.07) is 4.38. The Balaban J connectivity index is 1.90. The fourth-order valence-corrected chi connectivity index (χ4v) is 1.83. The highest BCUT2D eigenvalue weighted by molar-refractivity contribution is 5.41. The highest BCUT2D eigenvalue weighted by atomic mass is 16.5. The van der Waals surface area contributed by atoms with Crippen molar-refractivity contribution in [2.75, 3.05) is 32.1 Å². The van der Waals surface area contributed by atoms with Gasteiger partial charge >= 0.3 is 0 Å². The second-order valence-electron chi connectivity index (χ2n) is 4.35. The number of nitrogens with one attached hydrogen (secondary N) is 1. The van der Waals surface area contributed by atoms with Gasteiger partial charge in [0.2, 0.25) is 0 Å². The minimum Gasteiger partial charge on any atom is -0.492 e. The Morgan fingerprint density at radius 3 is 3.12 bits per heavy atom. The van der Waals surface area contributed by atoms with E-state index in [4.69, 9.17) is 4.74 Å². The van der Waals surface area contributed by atoms with Crippen LogP contribution in [-0.2, 0) is 0 Å². The van der Waals surface area contributed by atoms with Gasteiger partial charge in [0.1, 0.15) is 18.2 Å². The van der Waals surface area contributed by atoms with Crippen molar-refractivity contribution >= 4 is 5.82 Å². The summed E-state index contributed by atoms with van der Waals surface area (Å²) in [6.07, 6.45) is 4.26. The summed E-state index contributed by atoms with van der Waals surface area (Å²) in [5.74, 6) is 1.82. The smallest absolute Gasteiger partial charge is 0.131 e. The van der Waals surface area contributed by atoms with Gasteiger partial charge in [-0.2, -0.15) is 0 Å². The number of hydrogen-bond donors (Lipinski definition) is 1. The molecule has 0 aliphatic carbocycles. The zero-order chi connectivity index (χ0) is 11.4. The predicted octanol–water partition coefficient (Wildman–Crippen LogP) is 1.28. The zero-order valence-corrected chi connectivity index (χ0v) is 9.94.